The Balaban J connectivity index is 2.24. The highest BCUT2D eigenvalue weighted by atomic mass is 32.1. The third-order valence-electron chi connectivity index (χ3n) is 3.87. The number of nitrogens with zero attached hydrogens (tertiary/aromatic N) is 2. The zero-order valence-electron chi connectivity index (χ0n) is 12.1. The monoisotopic (exact) mass is 277 g/mol. The van der Waals surface area contributed by atoms with Crippen molar-refractivity contribution < 1.29 is 0 Å². The summed E-state index contributed by atoms with van der Waals surface area (Å²) in [6.07, 6.45) is 5.06. The number of thiophene rings is 1. The van der Waals surface area contributed by atoms with Crippen LogP contribution in [0.3, 0.4) is 0 Å². The molecule has 3 unspecified atom stereocenters. The molecule has 0 saturated carbocycles. The first-order chi connectivity index (χ1) is 9.13. The number of hydrogen-bond donors (Lipinski definition) is 1. The van der Waals surface area contributed by atoms with Gasteiger partial charge in [0.25, 0.3) is 0 Å². The molecular weight excluding hydrogens is 254 g/mol. The molecule has 2 rings (SSSR count). The van der Waals surface area contributed by atoms with Crippen LogP contribution < -0.4 is 5.32 Å². The fraction of sp³-hybridized carbons (Fsp3) is 0.533. The lowest BCUT2D eigenvalue weighted by atomic mass is 9.99. The molecule has 0 aliphatic rings. The number of aryl methyl sites for hydroxylation is 1. The van der Waals surface area contributed by atoms with Gasteiger partial charge in [-0.1, -0.05) is 26.3 Å². The summed E-state index contributed by atoms with van der Waals surface area (Å²) in [6.45, 7) is 6.79. The van der Waals surface area contributed by atoms with Gasteiger partial charge in [-0.15, -0.1) is 11.3 Å². The van der Waals surface area contributed by atoms with E-state index in [0.29, 0.717) is 12.0 Å². The minimum atomic E-state index is 0.184. The summed E-state index contributed by atoms with van der Waals surface area (Å²) >= 11 is 1.78. The van der Waals surface area contributed by atoms with Crippen LogP contribution in [0.2, 0.25) is 0 Å². The van der Waals surface area contributed by atoms with E-state index < -0.39 is 0 Å². The van der Waals surface area contributed by atoms with E-state index in [9.17, 15) is 0 Å². The van der Waals surface area contributed by atoms with Crippen LogP contribution in [0.4, 0.5) is 0 Å². The van der Waals surface area contributed by atoms with Crippen LogP contribution in [-0.4, -0.2) is 15.6 Å². The molecule has 19 heavy (non-hydrogen) atoms. The predicted molar refractivity (Wildman–Crippen MR) is 81.4 cm³/mol. The van der Waals surface area contributed by atoms with Gasteiger partial charge in [-0.05, 0) is 24.3 Å². The second-order valence-corrected chi connectivity index (χ2v) is 6.16. The lowest BCUT2D eigenvalue weighted by Crippen LogP contribution is -2.36. The molecule has 0 radical (unpaired) electrons. The first kappa shape index (κ1) is 14.3. The Hall–Kier alpha value is -1.13. The van der Waals surface area contributed by atoms with Gasteiger partial charge < -0.3 is 9.88 Å². The summed E-state index contributed by atoms with van der Waals surface area (Å²) in [5.74, 6) is 1.74. The molecule has 0 fully saturated rings. The first-order valence-corrected chi connectivity index (χ1v) is 7.78. The Morgan fingerprint density at radius 1 is 1.42 bits per heavy atom. The summed E-state index contributed by atoms with van der Waals surface area (Å²) in [7, 11) is 2.05. The quantitative estimate of drug-likeness (QED) is 0.874. The van der Waals surface area contributed by atoms with Gasteiger partial charge in [0.05, 0.1) is 0 Å². The number of hydrogen-bond acceptors (Lipinski definition) is 3. The maximum atomic E-state index is 4.52. The van der Waals surface area contributed by atoms with Crippen molar-refractivity contribution >= 4 is 11.3 Å². The SMILES string of the molecule is CCC(C)C(C)NC(c1cccs1)c1nccn1C. The largest absolute Gasteiger partial charge is 0.336 e. The van der Waals surface area contributed by atoms with Crippen LogP contribution >= 0.6 is 11.3 Å². The molecule has 3 atom stereocenters. The van der Waals surface area contributed by atoms with Gasteiger partial charge in [-0.25, -0.2) is 4.98 Å². The molecule has 0 aliphatic heterocycles. The summed E-state index contributed by atoms with van der Waals surface area (Å²) in [5, 5.41) is 5.87. The van der Waals surface area contributed by atoms with Crippen molar-refractivity contribution in [3.63, 3.8) is 0 Å². The average molecular weight is 277 g/mol. The molecule has 3 nitrogen and oxygen atoms in total. The molecule has 0 spiro atoms. The van der Waals surface area contributed by atoms with Crippen LogP contribution in [0.5, 0.6) is 0 Å². The molecular formula is C15H23N3S. The van der Waals surface area contributed by atoms with Crippen molar-refractivity contribution in [2.24, 2.45) is 13.0 Å². The van der Waals surface area contributed by atoms with Crippen molar-refractivity contribution in [2.45, 2.75) is 39.3 Å². The van der Waals surface area contributed by atoms with E-state index in [2.05, 4.69) is 60.2 Å². The van der Waals surface area contributed by atoms with Crippen molar-refractivity contribution in [3.8, 4) is 0 Å². The fourth-order valence-corrected chi connectivity index (χ4v) is 2.96. The highest BCUT2D eigenvalue weighted by molar-refractivity contribution is 7.10. The highest BCUT2D eigenvalue weighted by Gasteiger charge is 2.22. The maximum absolute atomic E-state index is 4.52. The molecule has 1 N–H and O–H groups in total. The Bertz CT molecular complexity index is 489. The number of rotatable bonds is 6. The second kappa shape index (κ2) is 6.35. The number of imidazole rings is 1. The molecule has 2 aromatic rings. The van der Waals surface area contributed by atoms with Gasteiger partial charge in [0.1, 0.15) is 11.9 Å². The normalized spacial score (nSPS) is 16.2. The van der Waals surface area contributed by atoms with Crippen molar-refractivity contribution in [1.82, 2.24) is 14.9 Å². The Labute approximate surface area is 119 Å². The van der Waals surface area contributed by atoms with Crippen LogP contribution in [0, 0.1) is 5.92 Å². The van der Waals surface area contributed by atoms with E-state index in [1.54, 1.807) is 11.3 Å². The fourth-order valence-electron chi connectivity index (χ4n) is 2.18. The van der Waals surface area contributed by atoms with E-state index in [-0.39, 0.29) is 6.04 Å². The van der Waals surface area contributed by atoms with Crippen molar-refractivity contribution in [1.29, 1.82) is 0 Å². The standard InChI is InChI=1S/C15H23N3S/c1-5-11(2)12(3)17-14(13-7-6-10-19-13)15-16-8-9-18(15)4/h6-12,14,17H,5H2,1-4H3. The lowest BCUT2D eigenvalue weighted by Gasteiger charge is -2.26. The summed E-state index contributed by atoms with van der Waals surface area (Å²) in [4.78, 5) is 5.84. The van der Waals surface area contributed by atoms with Gasteiger partial charge in [0, 0.05) is 30.4 Å². The molecule has 0 amide bonds. The zero-order chi connectivity index (χ0) is 13.8. The summed E-state index contributed by atoms with van der Waals surface area (Å²) in [5.41, 5.74) is 0. The highest BCUT2D eigenvalue weighted by Crippen LogP contribution is 2.26. The van der Waals surface area contributed by atoms with Gasteiger partial charge in [-0.3, -0.25) is 0 Å². The Morgan fingerprint density at radius 3 is 2.74 bits per heavy atom. The van der Waals surface area contributed by atoms with E-state index >= 15 is 0 Å². The average Bonchev–Trinajstić information content (AvgIpc) is 3.06. The molecule has 2 heterocycles. The molecule has 4 heteroatoms. The first-order valence-electron chi connectivity index (χ1n) is 6.90. The molecule has 104 valence electrons. The zero-order valence-corrected chi connectivity index (χ0v) is 12.9. The maximum Gasteiger partial charge on any atom is 0.131 e. The van der Waals surface area contributed by atoms with Crippen molar-refractivity contribution in [3.05, 3.63) is 40.6 Å². The number of nitrogens with one attached hydrogen (secondary N) is 1. The molecule has 0 aliphatic carbocycles. The summed E-state index contributed by atoms with van der Waals surface area (Å²) in [6, 6.07) is 4.93. The van der Waals surface area contributed by atoms with E-state index in [4.69, 9.17) is 0 Å². The van der Waals surface area contributed by atoms with Crippen LogP contribution in [-0.2, 0) is 7.05 Å². The molecule has 0 bridgehead atoms. The minimum Gasteiger partial charge on any atom is -0.336 e. The van der Waals surface area contributed by atoms with Gasteiger partial charge in [-0.2, -0.15) is 0 Å². The van der Waals surface area contributed by atoms with Crippen LogP contribution in [0.1, 0.15) is 43.9 Å². The van der Waals surface area contributed by atoms with Crippen LogP contribution in [0.25, 0.3) is 0 Å². The predicted octanol–water partition coefficient (Wildman–Crippen LogP) is 3.60. The van der Waals surface area contributed by atoms with Gasteiger partial charge >= 0.3 is 0 Å². The Morgan fingerprint density at radius 2 is 2.21 bits per heavy atom. The number of aromatic nitrogens is 2. The second-order valence-electron chi connectivity index (χ2n) is 5.19. The van der Waals surface area contributed by atoms with Gasteiger partial charge in [0.2, 0.25) is 0 Å². The van der Waals surface area contributed by atoms with Crippen LogP contribution in [0.15, 0.2) is 29.9 Å². The molecule has 0 saturated heterocycles. The topological polar surface area (TPSA) is 29.9 Å². The summed E-state index contributed by atoms with van der Waals surface area (Å²) < 4.78 is 2.10. The Kier molecular flexibility index (Phi) is 4.77. The van der Waals surface area contributed by atoms with E-state index in [1.165, 1.54) is 11.3 Å². The van der Waals surface area contributed by atoms with E-state index in [1.807, 2.05) is 12.4 Å². The smallest absolute Gasteiger partial charge is 0.131 e. The minimum absolute atomic E-state index is 0.184. The van der Waals surface area contributed by atoms with E-state index in [0.717, 1.165) is 5.82 Å². The third-order valence-corrected chi connectivity index (χ3v) is 4.81. The van der Waals surface area contributed by atoms with Gasteiger partial charge in [0.15, 0.2) is 0 Å². The molecule has 0 aromatic carbocycles. The van der Waals surface area contributed by atoms with Crippen molar-refractivity contribution in [2.75, 3.05) is 0 Å². The molecule has 2 aromatic heterocycles. The lowest BCUT2D eigenvalue weighted by molar-refractivity contribution is 0.363. The third kappa shape index (κ3) is 3.25.